The second kappa shape index (κ2) is 7.67. The minimum absolute atomic E-state index is 0.0160. The first-order valence-corrected chi connectivity index (χ1v) is 10.2. The molecule has 4 rings (SSSR count). The zero-order chi connectivity index (χ0) is 22.4. The molecule has 7 nitrogen and oxygen atoms in total. The highest BCUT2D eigenvalue weighted by atomic mass is 16.3. The summed E-state index contributed by atoms with van der Waals surface area (Å²) in [5, 5.41) is 21.5. The number of aromatic nitrogens is 2. The highest BCUT2D eigenvalue weighted by molar-refractivity contribution is 5.98. The molecule has 1 atom stereocenters. The molecule has 1 aliphatic carbocycles. The van der Waals surface area contributed by atoms with Gasteiger partial charge in [-0.15, -0.1) is 0 Å². The van der Waals surface area contributed by atoms with Crippen molar-refractivity contribution >= 4 is 16.7 Å². The van der Waals surface area contributed by atoms with Gasteiger partial charge in [-0.25, -0.2) is 9.36 Å². The Labute approximate surface area is 178 Å². The number of nitrogens with zero attached hydrogens (tertiary/aromatic N) is 2. The number of ketones is 1. The molecule has 160 valence electrons. The Kier molecular flexibility index (Phi) is 5.15. The molecular formula is C24H24N2O5. The number of carbonyl (C=O) groups is 1. The lowest BCUT2D eigenvalue weighted by molar-refractivity contribution is -0.117. The van der Waals surface area contributed by atoms with E-state index in [0.717, 1.165) is 10.1 Å². The fourth-order valence-corrected chi connectivity index (χ4v) is 4.35. The fraction of sp³-hybridized carbons (Fsp3) is 0.292. The van der Waals surface area contributed by atoms with Crippen molar-refractivity contribution in [1.29, 1.82) is 0 Å². The number of benzene rings is 2. The van der Waals surface area contributed by atoms with Gasteiger partial charge in [-0.3, -0.25) is 14.2 Å². The predicted molar refractivity (Wildman–Crippen MR) is 118 cm³/mol. The summed E-state index contributed by atoms with van der Waals surface area (Å²) in [4.78, 5) is 38.9. The number of hydrogen-bond acceptors (Lipinski definition) is 5. The van der Waals surface area contributed by atoms with E-state index in [9.17, 15) is 24.6 Å². The van der Waals surface area contributed by atoms with E-state index in [1.807, 2.05) is 19.1 Å². The average molecular weight is 420 g/mol. The van der Waals surface area contributed by atoms with Gasteiger partial charge in [0, 0.05) is 19.9 Å². The number of fused-ring (bicyclic) bond motifs is 1. The van der Waals surface area contributed by atoms with Crippen LogP contribution in [0.3, 0.4) is 0 Å². The van der Waals surface area contributed by atoms with Crippen LogP contribution >= 0.6 is 0 Å². The second-order valence-corrected chi connectivity index (χ2v) is 7.98. The van der Waals surface area contributed by atoms with E-state index < -0.39 is 17.4 Å². The highest BCUT2D eigenvalue weighted by Crippen LogP contribution is 2.34. The summed E-state index contributed by atoms with van der Waals surface area (Å²) >= 11 is 0. The number of carbonyl (C=O) groups excluding carboxylic acids is 1. The highest BCUT2D eigenvalue weighted by Gasteiger charge is 2.29. The molecule has 0 unspecified atom stereocenters. The van der Waals surface area contributed by atoms with Gasteiger partial charge < -0.3 is 10.2 Å². The van der Waals surface area contributed by atoms with Gasteiger partial charge in [0.25, 0.3) is 5.56 Å². The first kappa shape index (κ1) is 20.8. The molecule has 0 bridgehead atoms. The Morgan fingerprint density at radius 2 is 1.71 bits per heavy atom. The molecule has 0 saturated carbocycles. The van der Waals surface area contributed by atoms with Gasteiger partial charge in [-0.1, -0.05) is 24.3 Å². The van der Waals surface area contributed by atoms with Crippen LogP contribution in [0.15, 0.2) is 57.3 Å². The van der Waals surface area contributed by atoms with Crippen molar-refractivity contribution in [3.8, 4) is 5.69 Å². The molecule has 0 spiro atoms. The average Bonchev–Trinajstić information content (AvgIpc) is 2.73. The number of hydrogen-bond donors (Lipinski definition) is 2. The summed E-state index contributed by atoms with van der Waals surface area (Å²) in [5.41, 5.74) is 1.54. The van der Waals surface area contributed by atoms with E-state index >= 15 is 0 Å². The number of aliphatic hydroxyl groups is 2. The Morgan fingerprint density at radius 3 is 2.39 bits per heavy atom. The van der Waals surface area contributed by atoms with E-state index in [4.69, 9.17) is 0 Å². The standard InChI is InChI=1S/C24H24N2O5/c1-13-7-4-5-8-16(13)26-23(30)20-14(2)15(11-12-17(20)25(3)24(26)31)22(29)21-18(27)9-6-10-19(21)28/h4-5,7-8,11-12,22,27,29H,6,9-10H2,1-3H3/t22-/m1/s1. The monoisotopic (exact) mass is 420 g/mol. The van der Waals surface area contributed by atoms with Gasteiger partial charge in [-0.05, 0) is 49.1 Å². The van der Waals surface area contributed by atoms with Gasteiger partial charge in [-0.2, -0.15) is 0 Å². The maximum atomic E-state index is 13.5. The first-order chi connectivity index (χ1) is 14.7. The van der Waals surface area contributed by atoms with Crippen molar-refractivity contribution in [2.75, 3.05) is 0 Å². The van der Waals surface area contributed by atoms with Gasteiger partial charge in [0.1, 0.15) is 11.9 Å². The van der Waals surface area contributed by atoms with Crippen molar-refractivity contribution in [1.82, 2.24) is 9.13 Å². The fourth-order valence-electron chi connectivity index (χ4n) is 4.35. The molecule has 0 amide bonds. The summed E-state index contributed by atoms with van der Waals surface area (Å²) in [7, 11) is 1.59. The Balaban J connectivity index is 2.03. The Morgan fingerprint density at radius 1 is 1.00 bits per heavy atom. The number of allylic oxidation sites excluding steroid dienone is 1. The van der Waals surface area contributed by atoms with Crippen LogP contribution < -0.4 is 11.2 Å². The number of Topliss-reactive ketones (excluding diaryl/α,β-unsaturated/α-hetero) is 1. The van der Waals surface area contributed by atoms with E-state index in [2.05, 4.69) is 0 Å². The molecule has 0 radical (unpaired) electrons. The molecule has 1 aliphatic rings. The van der Waals surface area contributed by atoms with Crippen molar-refractivity contribution in [2.24, 2.45) is 7.05 Å². The molecule has 7 heteroatoms. The van der Waals surface area contributed by atoms with Crippen molar-refractivity contribution in [3.63, 3.8) is 0 Å². The minimum atomic E-state index is -1.35. The lowest BCUT2D eigenvalue weighted by Crippen LogP contribution is -2.38. The lowest BCUT2D eigenvalue weighted by Gasteiger charge is -2.22. The molecule has 0 aliphatic heterocycles. The summed E-state index contributed by atoms with van der Waals surface area (Å²) in [5.74, 6) is -0.408. The summed E-state index contributed by atoms with van der Waals surface area (Å²) in [6, 6.07) is 10.3. The predicted octanol–water partition coefficient (Wildman–Crippen LogP) is 2.90. The smallest absolute Gasteiger partial charge is 0.335 e. The number of rotatable bonds is 3. The van der Waals surface area contributed by atoms with Gasteiger partial charge in [0.15, 0.2) is 5.78 Å². The van der Waals surface area contributed by atoms with Gasteiger partial charge >= 0.3 is 5.69 Å². The quantitative estimate of drug-likeness (QED) is 0.678. The zero-order valence-electron chi connectivity index (χ0n) is 17.7. The third kappa shape index (κ3) is 3.21. The largest absolute Gasteiger partial charge is 0.512 e. The lowest BCUT2D eigenvalue weighted by atomic mass is 9.87. The van der Waals surface area contributed by atoms with Crippen LogP contribution in [0.2, 0.25) is 0 Å². The van der Waals surface area contributed by atoms with Crippen LogP contribution in [-0.2, 0) is 11.8 Å². The third-order valence-corrected chi connectivity index (χ3v) is 6.09. The normalized spacial score (nSPS) is 15.5. The molecule has 1 heterocycles. The molecule has 0 fully saturated rings. The van der Waals surface area contributed by atoms with E-state index in [0.29, 0.717) is 35.2 Å². The Bertz CT molecular complexity index is 1380. The second-order valence-electron chi connectivity index (χ2n) is 7.98. The van der Waals surface area contributed by atoms with Crippen LogP contribution in [0.1, 0.15) is 42.1 Å². The maximum absolute atomic E-state index is 13.5. The summed E-state index contributed by atoms with van der Waals surface area (Å²) in [6.45, 7) is 3.50. The van der Waals surface area contributed by atoms with Gasteiger partial charge in [0.2, 0.25) is 0 Å². The molecule has 2 aromatic carbocycles. The maximum Gasteiger partial charge on any atom is 0.335 e. The third-order valence-electron chi connectivity index (χ3n) is 6.09. The van der Waals surface area contributed by atoms with Crippen LogP contribution in [-0.4, -0.2) is 25.1 Å². The molecule has 1 aromatic heterocycles. The molecule has 0 saturated heterocycles. The van der Waals surface area contributed by atoms with E-state index in [-0.39, 0.29) is 28.9 Å². The van der Waals surface area contributed by atoms with Crippen molar-refractivity contribution < 1.29 is 15.0 Å². The van der Waals surface area contributed by atoms with Crippen LogP contribution in [0.5, 0.6) is 0 Å². The topological polar surface area (TPSA) is 102 Å². The van der Waals surface area contributed by atoms with Crippen LogP contribution in [0.4, 0.5) is 0 Å². The van der Waals surface area contributed by atoms with E-state index in [1.54, 1.807) is 38.2 Å². The zero-order valence-corrected chi connectivity index (χ0v) is 17.7. The van der Waals surface area contributed by atoms with Crippen molar-refractivity contribution in [2.45, 2.75) is 39.2 Å². The molecule has 31 heavy (non-hydrogen) atoms. The van der Waals surface area contributed by atoms with Crippen LogP contribution in [0.25, 0.3) is 16.6 Å². The molecular weight excluding hydrogens is 396 g/mol. The summed E-state index contributed by atoms with van der Waals surface area (Å²) < 4.78 is 2.53. The van der Waals surface area contributed by atoms with Crippen molar-refractivity contribution in [3.05, 3.63) is 85.3 Å². The number of aliphatic hydroxyl groups excluding tert-OH is 2. The number of aryl methyl sites for hydroxylation is 3. The Hall–Kier alpha value is -3.45. The molecule has 3 aromatic rings. The van der Waals surface area contributed by atoms with E-state index in [1.165, 1.54) is 4.57 Å². The first-order valence-electron chi connectivity index (χ1n) is 10.2. The number of para-hydroxylation sites is 1. The SMILES string of the molecule is Cc1ccccc1-n1c(=O)c2c(C)c([C@@H](O)C3=C(O)CCCC3=O)ccc2n(C)c1=O. The van der Waals surface area contributed by atoms with Crippen LogP contribution in [0, 0.1) is 13.8 Å². The molecule has 2 N–H and O–H groups in total. The van der Waals surface area contributed by atoms with Gasteiger partial charge in [0.05, 0.1) is 22.2 Å². The summed E-state index contributed by atoms with van der Waals surface area (Å²) in [6.07, 6.45) is -0.210. The minimum Gasteiger partial charge on any atom is -0.512 e.